The van der Waals surface area contributed by atoms with Crippen LogP contribution in [0.25, 0.3) is 0 Å². The molecule has 1 heterocycles. The van der Waals surface area contributed by atoms with E-state index >= 15 is 0 Å². The molecule has 0 aromatic carbocycles. The molecule has 0 saturated heterocycles. The molecule has 1 rings (SSSR count). The number of aromatic nitrogens is 1. The van der Waals surface area contributed by atoms with Gasteiger partial charge < -0.3 is 0 Å². The lowest BCUT2D eigenvalue weighted by molar-refractivity contribution is 0.148. The average Bonchev–Trinajstić information content (AvgIpc) is 2.16. The van der Waals surface area contributed by atoms with Crippen molar-refractivity contribution in [3.05, 3.63) is 28.8 Å². The Labute approximate surface area is 92.9 Å². The van der Waals surface area contributed by atoms with Crippen molar-refractivity contribution >= 4 is 15.9 Å². The highest BCUT2D eigenvalue weighted by Crippen LogP contribution is 2.27. The molecule has 0 bridgehead atoms. The van der Waals surface area contributed by atoms with Gasteiger partial charge in [0.2, 0.25) is 5.95 Å². The maximum atomic E-state index is 12.9. The Morgan fingerprint density at radius 1 is 1.53 bits per heavy atom. The summed E-state index contributed by atoms with van der Waals surface area (Å²) < 4.78 is 38.2. The van der Waals surface area contributed by atoms with Crippen molar-refractivity contribution in [1.82, 2.24) is 4.98 Å². The van der Waals surface area contributed by atoms with Crippen LogP contribution in [0.15, 0.2) is 6.07 Å². The minimum absolute atomic E-state index is 0.00514. The van der Waals surface area contributed by atoms with E-state index in [-0.39, 0.29) is 28.6 Å². The Bertz CT molecular complexity index is 401. The zero-order valence-electron chi connectivity index (χ0n) is 7.48. The second-order valence-corrected chi connectivity index (χ2v) is 3.29. The zero-order chi connectivity index (χ0) is 11.4. The Morgan fingerprint density at radius 3 is 2.67 bits per heavy atom. The Morgan fingerprint density at radius 2 is 2.20 bits per heavy atom. The summed E-state index contributed by atoms with van der Waals surface area (Å²) in [5.74, 6) is -0.848. The van der Waals surface area contributed by atoms with Gasteiger partial charge in [0, 0.05) is 10.9 Å². The van der Waals surface area contributed by atoms with Crippen LogP contribution in [0.3, 0.4) is 0 Å². The molecule has 0 aliphatic rings. The molecular formula is C9H6BrF3N2. The predicted molar refractivity (Wildman–Crippen MR) is 51.1 cm³/mol. The second-order valence-electron chi connectivity index (χ2n) is 2.73. The molecule has 0 radical (unpaired) electrons. The van der Waals surface area contributed by atoms with E-state index in [0.29, 0.717) is 0 Å². The molecule has 2 nitrogen and oxygen atoms in total. The van der Waals surface area contributed by atoms with E-state index in [1.807, 2.05) is 0 Å². The van der Waals surface area contributed by atoms with Gasteiger partial charge in [-0.05, 0) is 11.6 Å². The van der Waals surface area contributed by atoms with Gasteiger partial charge in [0.1, 0.15) is 0 Å². The molecule has 0 spiro atoms. The quantitative estimate of drug-likeness (QED) is 0.629. The minimum atomic E-state index is -2.76. The lowest BCUT2D eigenvalue weighted by Gasteiger charge is -2.09. The molecule has 0 unspecified atom stereocenters. The van der Waals surface area contributed by atoms with Crippen molar-refractivity contribution in [2.75, 3.05) is 0 Å². The zero-order valence-corrected chi connectivity index (χ0v) is 9.06. The summed E-state index contributed by atoms with van der Waals surface area (Å²) >= 11 is 2.95. The third-order valence-electron chi connectivity index (χ3n) is 1.81. The monoisotopic (exact) mass is 278 g/mol. The van der Waals surface area contributed by atoms with E-state index in [4.69, 9.17) is 5.26 Å². The molecule has 6 heteroatoms. The van der Waals surface area contributed by atoms with E-state index in [1.165, 1.54) is 0 Å². The van der Waals surface area contributed by atoms with Gasteiger partial charge in [-0.3, -0.25) is 0 Å². The maximum Gasteiger partial charge on any atom is 0.265 e. The van der Waals surface area contributed by atoms with Crippen LogP contribution in [-0.4, -0.2) is 4.98 Å². The minimum Gasteiger partial charge on any atom is -0.223 e. The Hall–Kier alpha value is -1.09. The average molecular weight is 279 g/mol. The third kappa shape index (κ3) is 2.69. The number of alkyl halides is 3. The standard InChI is InChI=1S/C9H6BrF3N2/c10-4-6-8(9(12)13)5(1-2-14)3-7(11)15-6/h3,9H,1,4H2. The predicted octanol–water partition coefficient (Wildman–Crippen LogP) is 3.12. The summed E-state index contributed by atoms with van der Waals surface area (Å²) in [6, 6.07) is 2.59. The van der Waals surface area contributed by atoms with Crippen LogP contribution < -0.4 is 0 Å². The van der Waals surface area contributed by atoms with E-state index in [1.54, 1.807) is 6.07 Å². The van der Waals surface area contributed by atoms with Crippen LogP contribution in [0.5, 0.6) is 0 Å². The highest BCUT2D eigenvalue weighted by Gasteiger charge is 2.19. The van der Waals surface area contributed by atoms with Gasteiger partial charge >= 0.3 is 0 Å². The van der Waals surface area contributed by atoms with Crippen LogP contribution in [0.2, 0.25) is 0 Å². The van der Waals surface area contributed by atoms with Crippen LogP contribution in [-0.2, 0) is 11.8 Å². The van der Waals surface area contributed by atoms with Crippen molar-refractivity contribution in [3.63, 3.8) is 0 Å². The van der Waals surface area contributed by atoms with Gasteiger partial charge in [0.25, 0.3) is 6.43 Å². The Kier molecular flexibility index (Phi) is 4.09. The molecule has 0 atom stereocenters. The van der Waals surface area contributed by atoms with Gasteiger partial charge in [-0.2, -0.15) is 9.65 Å². The van der Waals surface area contributed by atoms with Gasteiger partial charge in [-0.1, -0.05) is 15.9 Å². The molecular weight excluding hydrogens is 273 g/mol. The fourth-order valence-corrected chi connectivity index (χ4v) is 1.66. The maximum absolute atomic E-state index is 12.9. The van der Waals surface area contributed by atoms with Gasteiger partial charge in [-0.25, -0.2) is 13.8 Å². The second kappa shape index (κ2) is 5.12. The third-order valence-corrected chi connectivity index (χ3v) is 2.34. The lowest BCUT2D eigenvalue weighted by Crippen LogP contribution is -2.04. The summed E-state index contributed by atoms with van der Waals surface area (Å²) in [5, 5.41) is 8.46. The number of pyridine rings is 1. The first-order valence-electron chi connectivity index (χ1n) is 3.99. The highest BCUT2D eigenvalue weighted by molar-refractivity contribution is 9.08. The number of nitrogens with zero attached hydrogens (tertiary/aromatic N) is 2. The molecule has 0 amide bonds. The van der Waals surface area contributed by atoms with Gasteiger partial charge in [-0.15, -0.1) is 0 Å². The van der Waals surface area contributed by atoms with Gasteiger partial charge in [0.05, 0.1) is 18.2 Å². The molecule has 1 aromatic heterocycles. The molecule has 0 aliphatic heterocycles. The normalized spacial score (nSPS) is 10.4. The van der Waals surface area contributed by atoms with Crippen molar-refractivity contribution in [3.8, 4) is 6.07 Å². The number of halogens is 4. The van der Waals surface area contributed by atoms with Crippen molar-refractivity contribution in [2.24, 2.45) is 0 Å². The first kappa shape index (κ1) is 12.0. The number of nitriles is 1. The van der Waals surface area contributed by atoms with Crippen LogP contribution in [0.4, 0.5) is 13.2 Å². The highest BCUT2D eigenvalue weighted by atomic mass is 79.9. The van der Waals surface area contributed by atoms with E-state index in [0.717, 1.165) is 6.07 Å². The fourth-order valence-electron chi connectivity index (χ4n) is 1.23. The molecule has 0 fully saturated rings. The molecule has 0 saturated carbocycles. The van der Waals surface area contributed by atoms with Crippen LogP contribution in [0, 0.1) is 17.3 Å². The first-order chi connectivity index (χ1) is 7.10. The molecule has 0 N–H and O–H groups in total. The molecule has 80 valence electrons. The summed E-state index contributed by atoms with van der Waals surface area (Å²) in [6.07, 6.45) is -3.01. The van der Waals surface area contributed by atoms with Crippen molar-refractivity contribution < 1.29 is 13.2 Å². The van der Waals surface area contributed by atoms with Crippen LogP contribution >= 0.6 is 15.9 Å². The first-order valence-corrected chi connectivity index (χ1v) is 5.11. The Balaban J connectivity index is 3.34. The van der Waals surface area contributed by atoms with Gasteiger partial charge in [0.15, 0.2) is 0 Å². The number of hydrogen-bond acceptors (Lipinski definition) is 2. The summed E-state index contributed by atoms with van der Waals surface area (Å²) in [4.78, 5) is 3.35. The summed E-state index contributed by atoms with van der Waals surface area (Å²) in [6.45, 7) is 0. The number of rotatable bonds is 3. The largest absolute Gasteiger partial charge is 0.265 e. The van der Waals surface area contributed by atoms with Crippen molar-refractivity contribution in [2.45, 2.75) is 18.2 Å². The van der Waals surface area contributed by atoms with Crippen LogP contribution in [0.1, 0.15) is 23.2 Å². The topological polar surface area (TPSA) is 36.7 Å². The summed E-state index contributed by atoms with van der Waals surface area (Å²) in [7, 11) is 0. The summed E-state index contributed by atoms with van der Waals surface area (Å²) in [5.41, 5.74) is -0.417. The molecule has 15 heavy (non-hydrogen) atoms. The number of hydrogen-bond donors (Lipinski definition) is 0. The smallest absolute Gasteiger partial charge is 0.223 e. The molecule has 0 aliphatic carbocycles. The molecule has 1 aromatic rings. The van der Waals surface area contributed by atoms with E-state index < -0.39 is 12.4 Å². The van der Waals surface area contributed by atoms with E-state index in [9.17, 15) is 13.2 Å². The SMILES string of the molecule is N#CCc1cc(F)nc(CBr)c1C(F)F. The van der Waals surface area contributed by atoms with Crippen molar-refractivity contribution in [1.29, 1.82) is 5.26 Å². The lowest BCUT2D eigenvalue weighted by atomic mass is 10.1. The van der Waals surface area contributed by atoms with E-state index in [2.05, 4.69) is 20.9 Å². The fraction of sp³-hybridized carbons (Fsp3) is 0.333.